The van der Waals surface area contributed by atoms with Gasteiger partial charge in [-0.25, -0.2) is 0 Å². The molecule has 0 amide bonds. The van der Waals surface area contributed by atoms with Crippen molar-refractivity contribution in [1.82, 2.24) is 5.32 Å². The zero-order valence-electron chi connectivity index (χ0n) is 10.4. The molecule has 0 radical (unpaired) electrons. The summed E-state index contributed by atoms with van der Waals surface area (Å²) in [6, 6.07) is 7.73. The molecule has 0 saturated carbocycles. The maximum absolute atomic E-state index is 12.2. The SMILES string of the molecule is CNC(c1cccc(OC(F)(F)F)c1)c1csc(Br)c1. The highest BCUT2D eigenvalue weighted by atomic mass is 79.9. The van der Waals surface area contributed by atoms with Gasteiger partial charge in [-0.2, -0.15) is 0 Å². The lowest BCUT2D eigenvalue weighted by Crippen LogP contribution is -2.19. The molecule has 108 valence electrons. The van der Waals surface area contributed by atoms with Crippen LogP contribution in [0.25, 0.3) is 0 Å². The van der Waals surface area contributed by atoms with E-state index in [1.54, 1.807) is 19.2 Å². The average Bonchev–Trinajstić information content (AvgIpc) is 2.75. The third-order valence-corrected chi connectivity index (χ3v) is 4.16. The number of nitrogens with one attached hydrogen (secondary N) is 1. The van der Waals surface area contributed by atoms with Crippen molar-refractivity contribution >= 4 is 27.3 Å². The summed E-state index contributed by atoms with van der Waals surface area (Å²) in [6.07, 6.45) is -4.68. The molecular weight excluding hydrogens is 355 g/mol. The predicted octanol–water partition coefficient (Wildman–Crippen LogP) is 4.72. The molecule has 0 aliphatic rings. The Morgan fingerprint density at radius 1 is 1.25 bits per heavy atom. The topological polar surface area (TPSA) is 21.3 Å². The highest BCUT2D eigenvalue weighted by molar-refractivity contribution is 9.11. The molecule has 2 nitrogen and oxygen atoms in total. The van der Waals surface area contributed by atoms with E-state index in [-0.39, 0.29) is 11.8 Å². The van der Waals surface area contributed by atoms with E-state index in [1.165, 1.54) is 23.5 Å². The Balaban J connectivity index is 2.29. The lowest BCUT2D eigenvalue weighted by atomic mass is 10.0. The standard InChI is InChI=1S/C13H11BrF3NOS/c1-18-12(9-6-11(14)20-7-9)8-3-2-4-10(5-8)19-13(15,16)17/h2-7,12,18H,1H3. The van der Waals surface area contributed by atoms with Crippen molar-refractivity contribution in [2.75, 3.05) is 7.05 Å². The average molecular weight is 366 g/mol. The van der Waals surface area contributed by atoms with Crippen LogP contribution in [-0.2, 0) is 0 Å². The van der Waals surface area contributed by atoms with Crippen LogP contribution in [0.4, 0.5) is 13.2 Å². The fourth-order valence-corrected chi connectivity index (χ4v) is 3.09. The zero-order chi connectivity index (χ0) is 14.8. The van der Waals surface area contributed by atoms with E-state index in [1.807, 2.05) is 11.4 Å². The van der Waals surface area contributed by atoms with Gasteiger partial charge in [0, 0.05) is 0 Å². The maximum Gasteiger partial charge on any atom is 0.573 e. The van der Waals surface area contributed by atoms with Gasteiger partial charge in [0.1, 0.15) is 5.75 Å². The number of hydrogen-bond acceptors (Lipinski definition) is 3. The van der Waals surface area contributed by atoms with Gasteiger partial charge in [0.25, 0.3) is 0 Å². The van der Waals surface area contributed by atoms with Gasteiger partial charge < -0.3 is 10.1 Å². The summed E-state index contributed by atoms with van der Waals surface area (Å²) in [5, 5.41) is 5.03. The van der Waals surface area contributed by atoms with Gasteiger partial charge in [-0.3, -0.25) is 0 Å². The van der Waals surface area contributed by atoms with Crippen LogP contribution in [0.1, 0.15) is 17.2 Å². The molecule has 0 bridgehead atoms. The second-order valence-corrected chi connectivity index (χ2v) is 6.32. The van der Waals surface area contributed by atoms with Crippen LogP contribution in [0, 0.1) is 0 Å². The highest BCUT2D eigenvalue weighted by Crippen LogP contribution is 2.31. The zero-order valence-corrected chi connectivity index (χ0v) is 12.8. The van der Waals surface area contributed by atoms with Gasteiger partial charge >= 0.3 is 6.36 Å². The lowest BCUT2D eigenvalue weighted by Gasteiger charge is -2.17. The molecule has 0 aliphatic carbocycles. The van der Waals surface area contributed by atoms with Crippen LogP contribution in [0.3, 0.4) is 0 Å². The molecule has 1 unspecified atom stereocenters. The first-order valence-electron chi connectivity index (χ1n) is 5.66. The quantitative estimate of drug-likeness (QED) is 0.846. The van der Waals surface area contributed by atoms with Crippen molar-refractivity contribution in [2.45, 2.75) is 12.4 Å². The van der Waals surface area contributed by atoms with Gasteiger partial charge in [0.05, 0.1) is 9.83 Å². The van der Waals surface area contributed by atoms with E-state index in [2.05, 4.69) is 26.0 Å². The molecule has 20 heavy (non-hydrogen) atoms. The van der Waals surface area contributed by atoms with E-state index in [0.29, 0.717) is 5.56 Å². The molecule has 0 aliphatic heterocycles. The van der Waals surface area contributed by atoms with Gasteiger partial charge in [-0.05, 0) is 57.7 Å². The molecule has 2 rings (SSSR count). The molecule has 0 saturated heterocycles. The summed E-state index contributed by atoms with van der Waals surface area (Å²) >= 11 is 4.90. The van der Waals surface area contributed by atoms with Crippen molar-refractivity contribution < 1.29 is 17.9 Å². The molecule has 1 aromatic heterocycles. The van der Waals surface area contributed by atoms with Crippen LogP contribution in [0.15, 0.2) is 39.5 Å². The summed E-state index contributed by atoms with van der Waals surface area (Å²) in [7, 11) is 1.76. The van der Waals surface area contributed by atoms with Gasteiger partial charge in [0.2, 0.25) is 0 Å². The Bertz CT molecular complexity index is 585. The third kappa shape index (κ3) is 3.97. The molecule has 7 heteroatoms. The van der Waals surface area contributed by atoms with E-state index in [9.17, 15) is 13.2 Å². The van der Waals surface area contributed by atoms with Crippen LogP contribution in [-0.4, -0.2) is 13.4 Å². The summed E-state index contributed by atoms with van der Waals surface area (Å²) in [6.45, 7) is 0. The van der Waals surface area contributed by atoms with Gasteiger partial charge in [-0.15, -0.1) is 24.5 Å². The van der Waals surface area contributed by atoms with E-state index in [0.717, 1.165) is 9.35 Å². The summed E-state index contributed by atoms with van der Waals surface area (Å²) in [4.78, 5) is 0. The minimum Gasteiger partial charge on any atom is -0.406 e. The Morgan fingerprint density at radius 2 is 2.00 bits per heavy atom. The smallest absolute Gasteiger partial charge is 0.406 e. The maximum atomic E-state index is 12.2. The first-order chi connectivity index (χ1) is 9.39. The summed E-state index contributed by atoms with van der Waals surface area (Å²) < 4.78 is 41.6. The largest absolute Gasteiger partial charge is 0.573 e. The summed E-state index contributed by atoms with van der Waals surface area (Å²) in [5.41, 5.74) is 1.69. The second kappa shape index (κ2) is 6.15. The van der Waals surface area contributed by atoms with Crippen LogP contribution >= 0.6 is 27.3 Å². The number of thiophene rings is 1. The Morgan fingerprint density at radius 3 is 2.55 bits per heavy atom. The molecular formula is C13H11BrF3NOS. The molecule has 1 heterocycles. The van der Waals surface area contributed by atoms with Crippen LogP contribution in [0.5, 0.6) is 5.75 Å². The number of halogens is 4. The van der Waals surface area contributed by atoms with Gasteiger partial charge in [0.15, 0.2) is 0 Å². The summed E-state index contributed by atoms with van der Waals surface area (Å²) in [5.74, 6) is -0.218. The molecule has 0 fully saturated rings. The van der Waals surface area contributed by atoms with Gasteiger partial charge in [-0.1, -0.05) is 12.1 Å². The number of alkyl halides is 3. The molecule has 1 aromatic carbocycles. The predicted molar refractivity (Wildman–Crippen MR) is 76.0 cm³/mol. The van der Waals surface area contributed by atoms with Crippen molar-refractivity contribution in [3.63, 3.8) is 0 Å². The lowest BCUT2D eigenvalue weighted by molar-refractivity contribution is -0.274. The Kier molecular flexibility index (Phi) is 4.72. The van der Waals surface area contributed by atoms with Crippen molar-refractivity contribution in [1.29, 1.82) is 0 Å². The Hall–Kier alpha value is -1.05. The van der Waals surface area contributed by atoms with E-state index < -0.39 is 6.36 Å². The first-order valence-corrected chi connectivity index (χ1v) is 7.33. The minimum absolute atomic E-state index is 0.186. The van der Waals surface area contributed by atoms with Crippen LogP contribution in [0.2, 0.25) is 0 Å². The Labute approximate surface area is 126 Å². The second-order valence-electron chi connectivity index (χ2n) is 4.03. The monoisotopic (exact) mass is 365 g/mol. The van der Waals surface area contributed by atoms with Crippen LogP contribution < -0.4 is 10.1 Å². The number of hydrogen-bond donors (Lipinski definition) is 1. The molecule has 2 aromatic rings. The molecule has 0 spiro atoms. The highest BCUT2D eigenvalue weighted by Gasteiger charge is 2.31. The number of rotatable bonds is 4. The molecule has 1 N–H and O–H groups in total. The minimum atomic E-state index is -4.68. The van der Waals surface area contributed by atoms with Crippen molar-refractivity contribution in [2.24, 2.45) is 0 Å². The molecule has 1 atom stereocenters. The van der Waals surface area contributed by atoms with E-state index >= 15 is 0 Å². The van der Waals surface area contributed by atoms with E-state index in [4.69, 9.17) is 0 Å². The first kappa shape index (κ1) is 15.3. The fourth-order valence-electron chi connectivity index (χ4n) is 1.89. The van der Waals surface area contributed by atoms with Crippen molar-refractivity contribution in [3.8, 4) is 5.75 Å². The number of ether oxygens (including phenoxy) is 1. The van der Waals surface area contributed by atoms with Crippen molar-refractivity contribution in [3.05, 3.63) is 50.6 Å². The normalized spacial score (nSPS) is 13.2. The number of benzene rings is 1. The third-order valence-electron chi connectivity index (χ3n) is 2.63. The fraction of sp³-hybridized carbons (Fsp3) is 0.231.